The first-order valence-corrected chi connectivity index (χ1v) is 3.80. The maximum Gasteiger partial charge on any atom is 1.00 e. The summed E-state index contributed by atoms with van der Waals surface area (Å²) < 4.78 is 0. The molecule has 1 rings (SSSR count). The average Bonchev–Trinajstić information content (AvgIpc) is 2.11. The predicted octanol–water partition coefficient (Wildman–Crippen LogP) is 0.116. The molecule has 56 valence electrons. The van der Waals surface area contributed by atoms with Crippen LogP contribution in [0, 0.1) is 11.5 Å². The van der Waals surface area contributed by atoms with Gasteiger partial charge in [0.25, 0.3) is 0 Å². The van der Waals surface area contributed by atoms with E-state index in [1.54, 1.807) is 0 Å². The molecular formula is C10H15Li. The molecule has 1 aliphatic rings. The van der Waals surface area contributed by atoms with Crippen LogP contribution in [0.5, 0.6) is 0 Å². The molecule has 0 unspecified atom stereocenters. The van der Waals surface area contributed by atoms with Crippen molar-refractivity contribution in [1.82, 2.24) is 0 Å². The first-order chi connectivity index (χ1) is 4.52. The van der Waals surface area contributed by atoms with E-state index in [0.717, 1.165) is 6.42 Å². The van der Waals surface area contributed by atoms with Crippen LogP contribution in [-0.2, 0) is 0 Å². The van der Waals surface area contributed by atoms with Gasteiger partial charge in [-0.2, -0.15) is 11.6 Å². The third-order valence-electron chi connectivity index (χ3n) is 1.89. The molecule has 0 saturated heterocycles. The maximum atomic E-state index is 3.30. The fourth-order valence-electron chi connectivity index (χ4n) is 1.42. The van der Waals surface area contributed by atoms with Crippen LogP contribution in [0.2, 0.25) is 0 Å². The standard InChI is InChI=1S/C10H15.Li/c1-8-6-5-7-9(8)10(2,3)4;/h7H,5H2,1-4H3;/q-1;+1. The van der Waals surface area contributed by atoms with Crippen molar-refractivity contribution >= 4 is 0 Å². The Balaban J connectivity index is 0.000001000. The van der Waals surface area contributed by atoms with E-state index >= 15 is 0 Å². The van der Waals surface area contributed by atoms with Crippen LogP contribution in [0.4, 0.5) is 0 Å². The molecule has 0 fully saturated rings. The normalized spacial score (nSPS) is 17.1. The Labute approximate surface area is 81.9 Å². The van der Waals surface area contributed by atoms with Crippen molar-refractivity contribution < 1.29 is 18.9 Å². The van der Waals surface area contributed by atoms with Gasteiger partial charge in [-0.1, -0.05) is 33.1 Å². The monoisotopic (exact) mass is 142 g/mol. The quantitative estimate of drug-likeness (QED) is 0.333. The number of hydrogen-bond donors (Lipinski definition) is 0. The minimum atomic E-state index is 0. The van der Waals surface area contributed by atoms with E-state index in [9.17, 15) is 0 Å². The topological polar surface area (TPSA) is 0 Å². The van der Waals surface area contributed by atoms with E-state index < -0.39 is 0 Å². The Hall–Kier alpha value is 0.0774. The Morgan fingerprint density at radius 1 is 1.36 bits per heavy atom. The molecule has 0 aromatic heterocycles. The molecule has 0 saturated carbocycles. The molecule has 0 nitrogen and oxygen atoms in total. The van der Waals surface area contributed by atoms with E-state index in [2.05, 4.69) is 39.8 Å². The van der Waals surface area contributed by atoms with Crippen molar-refractivity contribution in [3.8, 4) is 0 Å². The van der Waals surface area contributed by atoms with Crippen LogP contribution >= 0.6 is 0 Å². The first-order valence-electron chi connectivity index (χ1n) is 3.80. The molecule has 0 aromatic carbocycles. The number of rotatable bonds is 0. The van der Waals surface area contributed by atoms with Crippen molar-refractivity contribution in [3.63, 3.8) is 0 Å². The zero-order valence-corrected chi connectivity index (χ0v) is 8.28. The maximum absolute atomic E-state index is 3.30. The van der Waals surface area contributed by atoms with Gasteiger partial charge in [0.15, 0.2) is 0 Å². The Kier molecular flexibility index (Phi) is 3.68. The molecular weight excluding hydrogens is 127 g/mol. The molecule has 1 heteroatoms. The van der Waals surface area contributed by atoms with E-state index in [0.29, 0.717) is 5.41 Å². The Morgan fingerprint density at radius 2 is 1.91 bits per heavy atom. The van der Waals surface area contributed by atoms with Gasteiger partial charge in [-0.25, -0.2) is 5.57 Å². The van der Waals surface area contributed by atoms with Crippen LogP contribution < -0.4 is 18.9 Å². The summed E-state index contributed by atoms with van der Waals surface area (Å²) in [5.41, 5.74) is 3.12. The summed E-state index contributed by atoms with van der Waals surface area (Å²) in [4.78, 5) is 0. The predicted molar refractivity (Wildman–Crippen MR) is 44.6 cm³/mol. The van der Waals surface area contributed by atoms with Gasteiger partial charge >= 0.3 is 18.9 Å². The van der Waals surface area contributed by atoms with Crippen molar-refractivity contribution in [2.75, 3.05) is 0 Å². The molecule has 0 N–H and O–H groups in total. The Bertz CT molecular complexity index is 191. The van der Waals surface area contributed by atoms with Crippen LogP contribution in [-0.4, -0.2) is 0 Å². The molecule has 11 heavy (non-hydrogen) atoms. The summed E-state index contributed by atoms with van der Waals surface area (Å²) in [6, 6.07) is 0. The van der Waals surface area contributed by atoms with Crippen LogP contribution in [0.15, 0.2) is 17.2 Å². The molecule has 1 aliphatic carbocycles. The molecule has 0 amide bonds. The summed E-state index contributed by atoms with van der Waals surface area (Å²) in [6.45, 7) is 8.88. The summed E-state index contributed by atoms with van der Waals surface area (Å²) in [7, 11) is 0. The minimum Gasteiger partial charge on any atom is -0.269 e. The number of allylic oxidation sites excluding steroid dienone is 4. The second-order valence-corrected chi connectivity index (χ2v) is 3.87. The third kappa shape index (κ3) is 2.54. The zero-order valence-electron chi connectivity index (χ0n) is 8.28. The molecule has 0 atom stereocenters. The van der Waals surface area contributed by atoms with Crippen molar-refractivity contribution in [1.29, 1.82) is 0 Å². The molecule has 0 heterocycles. The molecule has 0 aliphatic heterocycles. The molecule has 0 bridgehead atoms. The molecule has 0 spiro atoms. The summed E-state index contributed by atoms with van der Waals surface area (Å²) >= 11 is 0. The van der Waals surface area contributed by atoms with Gasteiger partial charge in [-0.15, -0.1) is 6.42 Å². The average molecular weight is 142 g/mol. The second kappa shape index (κ2) is 3.65. The number of hydrogen-bond acceptors (Lipinski definition) is 0. The van der Waals surface area contributed by atoms with Gasteiger partial charge < -0.3 is 0 Å². The summed E-state index contributed by atoms with van der Waals surface area (Å²) in [6.07, 6.45) is 6.59. The third-order valence-corrected chi connectivity index (χ3v) is 1.89. The van der Waals surface area contributed by atoms with E-state index in [-0.39, 0.29) is 18.9 Å². The fourth-order valence-corrected chi connectivity index (χ4v) is 1.42. The summed E-state index contributed by atoms with van der Waals surface area (Å²) in [5, 5.41) is 0. The van der Waals surface area contributed by atoms with Gasteiger partial charge in [0.1, 0.15) is 0 Å². The second-order valence-electron chi connectivity index (χ2n) is 3.87. The van der Waals surface area contributed by atoms with Gasteiger partial charge in [0.2, 0.25) is 0 Å². The fraction of sp³-hybridized carbons (Fsp3) is 0.600. The SMILES string of the molecule is CC1=[C-]CC=C1C(C)(C)C.[Li+]. The zero-order chi connectivity index (χ0) is 7.78. The van der Waals surface area contributed by atoms with E-state index in [1.807, 2.05) is 0 Å². The van der Waals surface area contributed by atoms with Gasteiger partial charge in [-0.05, 0) is 0 Å². The largest absolute Gasteiger partial charge is 1.00 e. The van der Waals surface area contributed by atoms with Crippen molar-refractivity contribution in [2.45, 2.75) is 34.1 Å². The van der Waals surface area contributed by atoms with Crippen LogP contribution in [0.1, 0.15) is 34.1 Å². The molecule has 0 aromatic rings. The smallest absolute Gasteiger partial charge is 0.269 e. The van der Waals surface area contributed by atoms with Crippen LogP contribution in [0.3, 0.4) is 0 Å². The van der Waals surface area contributed by atoms with Crippen molar-refractivity contribution in [3.05, 3.63) is 23.3 Å². The first kappa shape index (κ1) is 11.1. The van der Waals surface area contributed by atoms with Crippen molar-refractivity contribution in [2.24, 2.45) is 5.41 Å². The van der Waals surface area contributed by atoms with E-state index in [4.69, 9.17) is 0 Å². The summed E-state index contributed by atoms with van der Waals surface area (Å²) in [5.74, 6) is 0. The minimum absolute atomic E-state index is 0. The van der Waals surface area contributed by atoms with E-state index in [1.165, 1.54) is 11.1 Å². The van der Waals surface area contributed by atoms with Gasteiger partial charge in [0, 0.05) is 0 Å². The van der Waals surface area contributed by atoms with Gasteiger partial charge in [-0.3, -0.25) is 6.08 Å². The van der Waals surface area contributed by atoms with Gasteiger partial charge in [0.05, 0.1) is 0 Å². The molecule has 0 radical (unpaired) electrons. The Morgan fingerprint density at radius 3 is 2.09 bits per heavy atom. The van der Waals surface area contributed by atoms with Crippen LogP contribution in [0.25, 0.3) is 0 Å².